The van der Waals surface area contributed by atoms with Gasteiger partial charge in [0.25, 0.3) is 0 Å². The van der Waals surface area contributed by atoms with Crippen LogP contribution in [0.25, 0.3) is 10.2 Å². The fourth-order valence-corrected chi connectivity index (χ4v) is 4.11. The Morgan fingerprint density at radius 3 is 2.83 bits per heavy atom. The molecule has 3 heterocycles. The van der Waals surface area contributed by atoms with Gasteiger partial charge in [0.2, 0.25) is 0 Å². The number of anilines is 1. The van der Waals surface area contributed by atoms with Crippen molar-refractivity contribution in [1.82, 2.24) is 9.97 Å². The van der Waals surface area contributed by atoms with Crippen molar-refractivity contribution >= 4 is 27.4 Å². The molecule has 1 atom stereocenters. The molecule has 2 aromatic heterocycles. The quantitative estimate of drug-likeness (QED) is 0.716. The summed E-state index contributed by atoms with van der Waals surface area (Å²) in [5.41, 5.74) is 2.52. The molecular formula is C18H19N3OS. The van der Waals surface area contributed by atoms with Gasteiger partial charge < -0.3 is 9.64 Å². The number of aromatic nitrogens is 2. The molecule has 1 unspecified atom stereocenters. The summed E-state index contributed by atoms with van der Waals surface area (Å²) in [4.78, 5) is 13.8. The molecule has 0 aliphatic carbocycles. The monoisotopic (exact) mass is 325 g/mol. The molecule has 3 aromatic rings. The number of thiophene rings is 1. The fourth-order valence-electron chi connectivity index (χ4n) is 3.11. The molecule has 118 valence electrons. The molecular weight excluding hydrogens is 306 g/mol. The number of nitrogens with zero attached hydrogens (tertiary/aromatic N) is 3. The van der Waals surface area contributed by atoms with Crippen molar-refractivity contribution in [2.45, 2.75) is 20.0 Å². The van der Waals surface area contributed by atoms with Crippen molar-refractivity contribution in [3.63, 3.8) is 0 Å². The first-order chi connectivity index (χ1) is 11.2. The van der Waals surface area contributed by atoms with E-state index in [1.54, 1.807) is 17.7 Å². The molecule has 1 saturated heterocycles. The van der Waals surface area contributed by atoms with Crippen LogP contribution in [0.1, 0.15) is 22.1 Å². The van der Waals surface area contributed by atoms with Gasteiger partial charge in [-0.2, -0.15) is 0 Å². The van der Waals surface area contributed by atoms with Gasteiger partial charge in [-0.15, -0.1) is 11.3 Å². The molecule has 0 saturated carbocycles. The maximum atomic E-state index is 5.98. The van der Waals surface area contributed by atoms with E-state index in [2.05, 4.69) is 53.0 Å². The Morgan fingerprint density at radius 1 is 1.17 bits per heavy atom. The standard InChI is InChI=1S/C18H19N3OS/c1-12-13(2)23-18-16(12)17(19-11-20-18)21-8-9-22-15(10-21)14-6-4-3-5-7-14/h3-7,11,15H,8-10H2,1-2H3. The van der Waals surface area contributed by atoms with Crippen LogP contribution in [0.4, 0.5) is 5.82 Å². The summed E-state index contributed by atoms with van der Waals surface area (Å²) in [6.07, 6.45) is 1.77. The second-order valence-electron chi connectivity index (χ2n) is 5.88. The van der Waals surface area contributed by atoms with Crippen LogP contribution < -0.4 is 4.90 Å². The topological polar surface area (TPSA) is 38.2 Å². The predicted molar refractivity (Wildman–Crippen MR) is 94.2 cm³/mol. The van der Waals surface area contributed by atoms with E-state index in [1.165, 1.54) is 21.4 Å². The predicted octanol–water partition coefficient (Wildman–Crippen LogP) is 3.89. The fraction of sp³-hybridized carbons (Fsp3) is 0.333. The zero-order valence-electron chi connectivity index (χ0n) is 13.3. The highest BCUT2D eigenvalue weighted by molar-refractivity contribution is 7.18. The van der Waals surface area contributed by atoms with E-state index in [4.69, 9.17) is 4.74 Å². The molecule has 0 bridgehead atoms. The first-order valence-corrected chi connectivity index (χ1v) is 8.68. The van der Waals surface area contributed by atoms with Crippen molar-refractivity contribution in [2.24, 2.45) is 0 Å². The Labute approximate surface area is 139 Å². The SMILES string of the molecule is Cc1sc2ncnc(N3CCOC(c4ccccc4)C3)c2c1C. The van der Waals surface area contributed by atoms with Crippen molar-refractivity contribution in [2.75, 3.05) is 24.6 Å². The van der Waals surface area contributed by atoms with Crippen LogP contribution in [0.15, 0.2) is 36.7 Å². The van der Waals surface area contributed by atoms with Gasteiger partial charge in [-0.3, -0.25) is 0 Å². The van der Waals surface area contributed by atoms with Gasteiger partial charge in [-0.1, -0.05) is 30.3 Å². The number of hydrogen-bond donors (Lipinski definition) is 0. The van der Waals surface area contributed by atoms with E-state index in [9.17, 15) is 0 Å². The van der Waals surface area contributed by atoms with Gasteiger partial charge in [0.05, 0.1) is 12.0 Å². The molecule has 1 fully saturated rings. The summed E-state index contributed by atoms with van der Waals surface area (Å²) < 4.78 is 5.98. The Balaban J connectivity index is 1.71. The van der Waals surface area contributed by atoms with E-state index < -0.39 is 0 Å². The summed E-state index contributed by atoms with van der Waals surface area (Å²) in [5.74, 6) is 1.04. The highest BCUT2D eigenvalue weighted by Gasteiger charge is 2.25. The molecule has 0 radical (unpaired) electrons. The summed E-state index contributed by atoms with van der Waals surface area (Å²) in [6, 6.07) is 10.4. The van der Waals surface area contributed by atoms with E-state index in [0.29, 0.717) is 6.61 Å². The zero-order chi connectivity index (χ0) is 15.8. The van der Waals surface area contributed by atoms with Crippen LogP contribution in [0.5, 0.6) is 0 Å². The van der Waals surface area contributed by atoms with Crippen molar-refractivity contribution < 1.29 is 4.74 Å². The summed E-state index contributed by atoms with van der Waals surface area (Å²) in [5, 5.41) is 1.20. The van der Waals surface area contributed by atoms with Crippen LogP contribution in [0, 0.1) is 13.8 Å². The average molecular weight is 325 g/mol. The minimum Gasteiger partial charge on any atom is -0.370 e. The average Bonchev–Trinajstić information content (AvgIpc) is 2.90. The van der Waals surface area contributed by atoms with Crippen LogP contribution in [0.2, 0.25) is 0 Å². The number of aryl methyl sites for hydroxylation is 2. The zero-order valence-corrected chi connectivity index (χ0v) is 14.1. The van der Waals surface area contributed by atoms with Gasteiger partial charge >= 0.3 is 0 Å². The minimum absolute atomic E-state index is 0.0926. The van der Waals surface area contributed by atoms with Crippen LogP contribution >= 0.6 is 11.3 Å². The number of fused-ring (bicyclic) bond motifs is 1. The highest BCUT2D eigenvalue weighted by Crippen LogP contribution is 2.35. The molecule has 0 N–H and O–H groups in total. The third-order valence-corrected chi connectivity index (χ3v) is 5.60. The second kappa shape index (κ2) is 5.91. The third kappa shape index (κ3) is 2.60. The lowest BCUT2D eigenvalue weighted by Crippen LogP contribution is -2.39. The lowest BCUT2D eigenvalue weighted by atomic mass is 10.1. The van der Waals surface area contributed by atoms with Gasteiger partial charge in [0.1, 0.15) is 23.1 Å². The molecule has 1 aromatic carbocycles. The number of hydrogen-bond acceptors (Lipinski definition) is 5. The largest absolute Gasteiger partial charge is 0.370 e. The van der Waals surface area contributed by atoms with Crippen LogP contribution in [0.3, 0.4) is 0 Å². The summed E-state index contributed by atoms with van der Waals surface area (Å²) in [7, 11) is 0. The Kier molecular flexibility index (Phi) is 3.75. The Bertz CT molecular complexity index is 831. The Morgan fingerprint density at radius 2 is 2.00 bits per heavy atom. The Hall–Kier alpha value is -1.98. The number of morpholine rings is 1. The number of rotatable bonds is 2. The first kappa shape index (κ1) is 14.6. The molecule has 4 rings (SSSR count). The smallest absolute Gasteiger partial charge is 0.141 e. The van der Waals surface area contributed by atoms with E-state index in [-0.39, 0.29) is 6.10 Å². The van der Waals surface area contributed by atoms with Crippen molar-refractivity contribution in [1.29, 1.82) is 0 Å². The lowest BCUT2D eigenvalue weighted by molar-refractivity contribution is 0.0396. The lowest BCUT2D eigenvalue weighted by Gasteiger charge is -2.34. The number of benzene rings is 1. The maximum Gasteiger partial charge on any atom is 0.141 e. The minimum atomic E-state index is 0.0926. The molecule has 23 heavy (non-hydrogen) atoms. The van der Waals surface area contributed by atoms with Crippen molar-refractivity contribution in [3.8, 4) is 0 Å². The first-order valence-electron chi connectivity index (χ1n) is 7.86. The highest BCUT2D eigenvalue weighted by atomic mass is 32.1. The van der Waals surface area contributed by atoms with Crippen LogP contribution in [-0.4, -0.2) is 29.7 Å². The van der Waals surface area contributed by atoms with Gasteiger partial charge in [-0.05, 0) is 25.0 Å². The normalized spacial score (nSPS) is 18.5. The molecule has 0 spiro atoms. The molecule has 0 amide bonds. The summed E-state index contributed by atoms with van der Waals surface area (Å²) >= 11 is 1.75. The maximum absolute atomic E-state index is 5.98. The van der Waals surface area contributed by atoms with E-state index >= 15 is 0 Å². The third-order valence-electron chi connectivity index (χ3n) is 4.48. The molecule has 1 aliphatic rings. The van der Waals surface area contributed by atoms with E-state index in [1.807, 2.05) is 6.07 Å². The molecule has 5 heteroatoms. The van der Waals surface area contributed by atoms with Crippen molar-refractivity contribution in [3.05, 3.63) is 52.7 Å². The van der Waals surface area contributed by atoms with E-state index in [0.717, 1.165) is 23.7 Å². The number of ether oxygens (including phenoxy) is 1. The second-order valence-corrected chi connectivity index (χ2v) is 7.08. The van der Waals surface area contributed by atoms with Gasteiger partial charge in [-0.25, -0.2) is 9.97 Å². The molecule has 4 nitrogen and oxygen atoms in total. The van der Waals surface area contributed by atoms with Crippen LogP contribution in [-0.2, 0) is 4.74 Å². The molecule has 1 aliphatic heterocycles. The van der Waals surface area contributed by atoms with Gasteiger partial charge in [0.15, 0.2) is 0 Å². The summed E-state index contributed by atoms with van der Waals surface area (Å²) in [6.45, 7) is 6.72. The van der Waals surface area contributed by atoms with Gasteiger partial charge in [0, 0.05) is 18.0 Å².